The second-order valence-corrected chi connectivity index (χ2v) is 20.8. The highest BCUT2D eigenvalue weighted by molar-refractivity contribution is 6.99. The lowest BCUT2D eigenvalue weighted by atomic mass is 9.72. The zero-order chi connectivity index (χ0) is 36.2. The minimum atomic E-state index is -2.76. The maximum Gasteiger partial charge on any atom is 0.337 e. The van der Waals surface area contributed by atoms with Gasteiger partial charge in [-0.1, -0.05) is 125 Å². The van der Waals surface area contributed by atoms with E-state index in [9.17, 15) is 4.79 Å². The standard InChI is InChI=1S/C44H53ClN2O3Si/c1-43(2,3)51(39-13-9-7-10-14-39,40-15-11-8-12-16-40)50-32-38-31-46(27-28-47(38)37-23-19-34(20-24-37)42(48)49-6)30-35-25-26-44(4,5)29-41(35)33-17-21-36(45)22-18-33/h7-24,38H,25-32H2,1-6H3/t38-/m0/s1. The number of hydrogen-bond donors (Lipinski definition) is 0. The van der Waals surface area contributed by atoms with Crippen molar-refractivity contribution in [1.82, 2.24) is 4.90 Å². The molecule has 0 N–H and O–H groups in total. The van der Waals surface area contributed by atoms with Gasteiger partial charge in [0.2, 0.25) is 0 Å². The molecule has 51 heavy (non-hydrogen) atoms. The summed E-state index contributed by atoms with van der Waals surface area (Å²) in [6.45, 7) is 16.0. The van der Waals surface area contributed by atoms with Crippen molar-refractivity contribution in [3.05, 3.63) is 131 Å². The monoisotopic (exact) mass is 720 g/mol. The van der Waals surface area contributed by atoms with Gasteiger partial charge in [-0.2, -0.15) is 0 Å². The van der Waals surface area contributed by atoms with Crippen LogP contribution < -0.4 is 15.3 Å². The van der Waals surface area contributed by atoms with Crippen molar-refractivity contribution in [2.45, 2.75) is 65.0 Å². The summed E-state index contributed by atoms with van der Waals surface area (Å²) in [4.78, 5) is 17.4. The van der Waals surface area contributed by atoms with E-state index >= 15 is 0 Å². The smallest absolute Gasteiger partial charge is 0.337 e. The van der Waals surface area contributed by atoms with Gasteiger partial charge >= 0.3 is 5.97 Å². The number of ether oxygens (including phenoxy) is 1. The number of carbonyl (C=O) groups is 1. The first-order chi connectivity index (χ1) is 24.4. The molecule has 7 heteroatoms. The van der Waals surface area contributed by atoms with Gasteiger partial charge in [0.1, 0.15) is 0 Å². The van der Waals surface area contributed by atoms with Crippen molar-refractivity contribution < 1.29 is 14.0 Å². The van der Waals surface area contributed by atoms with Crippen LogP contribution in [0.3, 0.4) is 0 Å². The highest BCUT2D eigenvalue weighted by Gasteiger charge is 2.50. The zero-order valence-electron chi connectivity index (χ0n) is 31.1. The third kappa shape index (κ3) is 8.20. The van der Waals surface area contributed by atoms with Crippen LogP contribution in [0, 0.1) is 5.41 Å². The van der Waals surface area contributed by atoms with Crippen molar-refractivity contribution in [2.75, 3.05) is 44.8 Å². The molecule has 5 nitrogen and oxygen atoms in total. The molecule has 268 valence electrons. The maximum atomic E-state index is 12.3. The molecule has 6 rings (SSSR count). The molecule has 4 aromatic rings. The normalized spacial score (nSPS) is 18.5. The van der Waals surface area contributed by atoms with Gasteiger partial charge in [-0.3, -0.25) is 4.90 Å². The molecular formula is C44H53ClN2O3Si. The third-order valence-electron chi connectivity index (χ3n) is 10.9. The van der Waals surface area contributed by atoms with Crippen molar-refractivity contribution in [2.24, 2.45) is 5.41 Å². The fourth-order valence-electron chi connectivity index (χ4n) is 8.17. The van der Waals surface area contributed by atoms with Crippen LogP contribution in [0.1, 0.15) is 69.8 Å². The number of rotatable bonds is 10. The van der Waals surface area contributed by atoms with Crippen molar-refractivity contribution in [3.8, 4) is 0 Å². The molecule has 1 aliphatic carbocycles. The number of halogens is 1. The van der Waals surface area contributed by atoms with Crippen LogP contribution >= 0.6 is 11.6 Å². The van der Waals surface area contributed by atoms with E-state index in [-0.39, 0.29) is 22.5 Å². The Hall–Kier alpha value is -3.68. The van der Waals surface area contributed by atoms with Gasteiger partial charge in [-0.25, -0.2) is 4.79 Å². The first-order valence-corrected chi connectivity index (χ1v) is 20.6. The zero-order valence-corrected chi connectivity index (χ0v) is 32.9. The van der Waals surface area contributed by atoms with Crippen LogP contribution in [0.2, 0.25) is 10.1 Å². The van der Waals surface area contributed by atoms with Gasteiger partial charge in [0.05, 0.1) is 25.3 Å². The molecule has 4 aromatic carbocycles. The molecule has 1 atom stereocenters. The highest BCUT2D eigenvalue weighted by atomic mass is 35.5. The summed E-state index contributed by atoms with van der Waals surface area (Å²) in [5.41, 5.74) is 6.22. The summed E-state index contributed by atoms with van der Waals surface area (Å²) in [6.07, 6.45) is 3.35. The molecular weight excluding hydrogens is 668 g/mol. The van der Waals surface area contributed by atoms with Gasteiger partial charge in [0, 0.05) is 36.9 Å². The molecule has 0 unspecified atom stereocenters. The van der Waals surface area contributed by atoms with E-state index in [0.717, 1.165) is 49.7 Å². The predicted molar refractivity (Wildman–Crippen MR) is 215 cm³/mol. The second-order valence-electron chi connectivity index (χ2n) is 16.0. The van der Waals surface area contributed by atoms with Crippen molar-refractivity contribution in [3.63, 3.8) is 0 Å². The quantitative estimate of drug-likeness (QED) is 0.121. The van der Waals surface area contributed by atoms with E-state index in [4.69, 9.17) is 20.8 Å². The number of carbonyl (C=O) groups excluding carboxylic acids is 1. The lowest BCUT2D eigenvalue weighted by molar-refractivity contribution is 0.0600. The average molecular weight is 721 g/mol. The van der Waals surface area contributed by atoms with Gasteiger partial charge in [-0.05, 0) is 87.6 Å². The lowest BCUT2D eigenvalue weighted by Gasteiger charge is -2.47. The minimum absolute atomic E-state index is 0.101. The first-order valence-electron chi connectivity index (χ1n) is 18.3. The molecule has 1 heterocycles. The SMILES string of the molecule is COC(=O)c1ccc(N2CCN(CC3=C(c4ccc(Cl)cc4)CC(C)(C)CC3)C[C@H]2CO[Si](c2ccccc2)(c2ccccc2)C(C)(C)C)cc1. The van der Waals surface area contributed by atoms with Crippen LogP contribution in [-0.2, 0) is 9.16 Å². The van der Waals surface area contributed by atoms with Crippen LogP contribution in [0.4, 0.5) is 5.69 Å². The number of hydrogen-bond acceptors (Lipinski definition) is 5. The van der Waals surface area contributed by atoms with Crippen LogP contribution in [0.15, 0.2) is 115 Å². The molecule has 1 fully saturated rings. The molecule has 0 saturated carbocycles. The van der Waals surface area contributed by atoms with Crippen molar-refractivity contribution >= 4 is 47.5 Å². The van der Waals surface area contributed by atoms with Crippen molar-refractivity contribution in [1.29, 1.82) is 0 Å². The Morgan fingerprint density at radius 2 is 1.47 bits per heavy atom. The summed E-state index contributed by atoms with van der Waals surface area (Å²) in [5.74, 6) is -0.321. The Labute approximate surface area is 311 Å². The fraction of sp³-hybridized carbons (Fsp3) is 0.386. The lowest BCUT2D eigenvalue weighted by Crippen LogP contribution is -2.68. The second kappa shape index (κ2) is 15.5. The van der Waals surface area contributed by atoms with E-state index in [1.807, 2.05) is 24.3 Å². The Morgan fingerprint density at radius 1 is 0.863 bits per heavy atom. The molecule has 2 aliphatic rings. The van der Waals surface area contributed by atoms with Crippen LogP contribution in [0.5, 0.6) is 0 Å². The first kappa shape index (κ1) is 37.1. The number of esters is 1. The van der Waals surface area contributed by atoms with E-state index in [1.165, 1.54) is 35.0 Å². The highest BCUT2D eigenvalue weighted by Crippen LogP contribution is 2.44. The Balaban J connectivity index is 1.35. The predicted octanol–water partition coefficient (Wildman–Crippen LogP) is 8.86. The average Bonchev–Trinajstić information content (AvgIpc) is 3.13. The van der Waals surface area contributed by atoms with E-state index in [0.29, 0.717) is 12.2 Å². The van der Waals surface area contributed by atoms with Gasteiger partial charge in [0.15, 0.2) is 0 Å². The molecule has 0 bridgehead atoms. The van der Waals surface area contributed by atoms with E-state index in [1.54, 1.807) is 5.57 Å². The molecule has 0 amide bonds. The summed E-state index contributed by atoms with van der Waals surface area (Å²) < 4.78 is 12.6. The summed E-state index contributed by atoms with van der Waals surface area (Å²) >= 11 is 6.32. The van der Waals surface area contributed by atoms with Gasteiger partial charge in [-0.15, -0.1) is 0 Å². The number of benzene rings is 4. The molecule has 0 spiro atoms. The number of methoxy groups -OCH3 is 1. The molecule has 1 saturated heterocycles. The third-order valence-corrected chi connectivity index (χ3v) is 16.1. The Kier molecular flexibility index (Phi) is 11.3. The number of piperazine rings is 1. The van der Waals surface area contributed by atoms with Crippen LogP contribution in [0.25, 0.3) is 5.57 Å². The number of allylic oxidation sites excluding steroid dienone is 1. The largest absolute Gasteiger partial charge is 0.465 e. The Bertz CT molecular complexity index is 1760. The van der Waals surface area contributed by atoms with E-state index in [2.05, 4.69) is 129 Å². The van der Waals surface area contributed by atoms with Gasteiger partial charge in [0.25, 0.3) is 8.32 Å². The molecule has 0 radical (unpaired) electrons. The number of anilines is 1. The van der Waals surface area contributed by atoms with E-state index < -0.39 is 8.32 Å². The summed E-state index contributed by atoms with van der Waals surface area (Å²) in [7, 11) is -1.33. The summed E-state index contributed by atoms with van der Waals surface area (Å²) in [5, 5.41) is 3.22. The fourth-order valence-corrected chi connectivity index (χ4v) is 12.9. The summed E-state index contributed by atoms with van der Waals surface area (Å²) in [6, 6.07) is 38.2. The van der Waals surface area contributed by atoms with Gasteiger partial charge < -0.3 is 14.1 Å². The molecule has 1 aliphatic heterocycles. The number of nitrogens with zero attached hydrogens (tertiary/aromatic N) is 2. The van der Waals surface area contributed by atoms with Crippen LogP contribution in [-0.4, -0.2) is 65.1 Å². The topological polar surface area (TPSA) is 42.0 Å². The Morgan fingerprint density at radius 3 is 2.04 bits per heavy atom. The maximum absolute atomic E-state index is 12.3. The molecule has 0 aromatic heterocycles. The minimum Gasteiger partial charge on any atom is -0.465 e.